The van der Waals surface area contributed by atoms with E-state index in [0.29, 0.717) is 28.9 Å². The van der Waals surface area contributed by atoms with Gasteiger partial charge in [-0.1, -0.05) is 11.6 Å². The van der Waals surface area contributed by atoms with Gasteiger partial charge in [0.1, 0.15) is 0 Å². The molecule has 0 saturated carbocycles. The van der Waals surface area contributed by atoms with Crippen molar-refractivity contribution in [3.63, 3.8) is 0 Å². The number of halogens is 1. The highest BCUT2D eigenvalue weighted by molar-refractivity contribution is 6.32. The van der Waals surface area contributed by atoms with Gasteiger partial charge in [0, 0.05) is 12.1 Å². The van der Waals surface area contributed by atoms with Crippen molar-refractivity contribution >= 4 is 17.9 Å². The second kappa shape index (κ2) is 4.29. The van der Waals surface area contributed by atoms with E-state index in [0.717, 1.165) is 0 Å². The second-order valence-electron chi connectivity index (χ2n) is 3.30. The molecule has 0 amide bonds. The van der Waals surface area contributed by atoms with Crippen LogP contribution >= 0.6 is 11.6 Å². The van der Waals surface area contributed by atoms with E-state index in [1.165, 1.54) is 6.07 Å². The van der Waals surface area contributed by atoms with Crippen LogP contribution in [0.1, 0.15) is 22.0 Å². The van der Waals surface area contributed by atoms with E-state index in [4.69, 9.17) is 26.8 Å². The molecule has 3 N–H and O–H groups in total. The average molecular weight is 244 g/mol. The highest BCUT2D eigenvalue weighted by atomic mass is 35.5. The summed E-state index contributed by atoms with van der Waals surface area (Å²) in [5.41, 5.74) is 6.02. The fourth-order valence-electron chi connectivity index (χ4n) is 1.60. The molecule has 0 bridgehead atoms. The monoisotopic (exact) mass is 243 g/mol. The molecule has 0 fully saturated rings. The molecule has 1 atom stereocenters. The van der Waals surface area contributed by atoms with Crippen molar-refractivity contribution < 1.29 is 19.4 Å². The number of aldehydes is 1. The molecule has 1 aromatic rings. The zero-order chi connectivity index (χ0) is 11.7. The van der Waals surface area contributed by atoms with Crippen LogP contribution in [0.25, 0.3) is 0 Å². The van der Waals surface area contributed by atoms with Crippen LogP contribution in [0.15, 0.2) is 6.07 Å². The van der Waals surface area contributed by atoms with Crippen molar-refractivity contribution in [2.45, 2.75) is 6.10 Å². The Kier molecular flexibility index (Phi) is 3.00. The molecule has 2 rings (SSSR count). The number of carbonyl (C=O) groups excluding carboxylic acids is 1. The fraction of sp³-hybridized carbons (Fsp3) is 0.300. The molecule has 0 spiro atoms. The van der Waals surface area contributed by atoms with E-state index < -0.39 is 6.10 Å². The first-order valence-corrected chi connectivity index (χ1v) is 5.02. The molecule has 5 nitrogen and oxygen atoms in total. The Labute approximate surface area is 96.7 Å². The smallest absolute Gasteiger partial charge is 0.231 e. The minimum Gasteiger partial charge on any atom is -0.453 e. The topological polar surface area (TPSA) is 81.8 Å². The lowest BCUT2D eigenvalue weighted by Crippen LogP contribution is -2.13. The summed E-state index contributed by atoms with van der Waals surface area (Å²) >= 11 is 5.96. The minimum absolute atomic E-state index is 0.000801. The Bertz CT molecular complexity index is 435. The van der Waals surface area contributed by atoms with Crippen molar-refractivity contribution in [2.75, 3.05) is 13.3 Å². The van der Waals surface area contributed by atoms with E-state index in [-0.39, 0.29) is 18.4 Å². The van der Waals surface area contributed by atoms with Gasteiger partial charge in [-0.15, -0.1) is 0 Å². The van der Waals surface area contributed by atoms with E-state index in [1.807, 2.05) is 0 Å². The van der Waals surface area contributed by atoms with Gasteiger partial charge in [0.15, 0.2) is 17.8 Å². The van der Waals surface area contributed by atoms with Gasteiger partial charge in [-0.3, -0.25) is 4.79 Å². The quantitative estimate of drug-likeness (QED) is 0.770. The SMILES string of the molecule is NCC(O)c1c(Cl)cc(C=O)c2c1OCO2. The number of aliphatic hydroxyl groups is 1. The standard InChI is InChI=1S/C10H10ClNO4/c11-6-1-5(3-13)9-10(16-4-15-9)8(6)7(14)2-12/h1,3,7,14H,2,4,12H2. The van der Waals surface area contributed by atoms with Gasteiger partial charge in [-0.2, -0.15) is 0 Å². The number of aliphatic hydroxyl groups excluding tert-OH is 1. The van der Waals surface area contributed by atoms with Crippen LogP contribution in [0.4, 0.5) is 0 Å². The maximum atomic E-state index is 10.8. The largest absolute Gasteiger partial charge is 0.453 e. The van der Waals surface area contributed by atoms with Gasteiger partial charge >= 0.3 is 0 Å². The number of hydrogen-bond acceptors (Lipinski definition) is 5. The van der Waals surface area contributed by atoms with E-state index >= 15 is 0 Å². The number of hydrogen-bond donors (Lipinski definition) is 2. The first-order chi connectivity index (χ1) is 7.69. The Morgan fingerprint density at radius 1 is 1.56 bits per heavy atom. The summed E-state index contributed by atoms with van der Waals surface area (Å²) in [6.45, 7) is 0.0107. The summed E-state index contributed by atoms with van der Waals surface area (Å²) in [6.07, 6.45) is -0.318. The van der Waals surface area contributed by atoms with Crippen LogP contribution in [0.2, 0.25) is 5.02 Å². The van der Waals surface area contributed by atoms with E-state index in [2.05, 4.69) is 0 Å². The maximum Gasteiger partial charge on any atom is 0.231 e. The molecule has 0 radical (unpaired) electrons. The summed E-state index contributed by atoms with van der Waals surface area (Å²) in [5, 5.41) is 9.94. The number of benzene rings is 1. The zero-order valence-corrected chi connectivity index (χ0v) is 9.03. The van der Waals surface area contributed by atoms with Crippen molar-refractivity contribution in [3.05, 3.63) is 22.2 Å². The summed E-state index contributed by atoms with van der Waals surface area (Å²) < 4.78 is 10.3. The number of nitrogens with two attached hydrogens (primary N) is 1. The Hall–Kier alpha value is -1.30. The molecule has 1 aliphatic heterocycles. The number of carbonyl (C=O) groups is 1. The summed E-state index contributed by atoms with van der Waals surface area (Å²) in [7, 11) is 0. The van der Waals surface area contributed by atoms with Crippen LogP contribution in [-0.2, 0) is 0 Å². The second-order valence-corrected chi connectivity index (χ2v) is 3.70. The maximum absolute atomic E-state index is 10.8. The molecule has 6 heteroatoms. The molecule has 1 heterocycles. The van der Waals surface area contributed by atoms with Crippen LogP contribution in [0, 0.1) is 0 Å². The summed E-state index contributed by atoms with van der Waals surface area (Å²) in [6, 6.07) is 1.43. The van der Waals surface area contributed by atoms with Gasteiger partial charge in [0.05, 0.1) is 16.7 Å². The van der Waals surface area contributed by atoms with Gasteiger partial charge in [0.2, 0.25) is 6.79 Å². The molecule has 0 aliphatic carbocycles. The first kappa shape index (κ1) is 11.2. The predicted molar refractivity (Wildman–Crippen MR) is 57.0 cm³/mol. The minimum atomic E-state index is -0.941. The fourth-order valence-corrected chi connectivity index (χ4v) is 1.93. The van der Waals surface area contributed by atoms with Crippen molar-refractivity contribution in [1.82, 2.24) is 0 Å². The summed E-state index contributed by atoms with van der Waals surface area (Å²) in [5.74, 6) is 0.606. The Morgan fingerprint density at radius 2 is 2.25 bits per heavy atom. The molecule has 0 aromatic heterocycles. The lowest BCUT2D eigenvalue weighted by molar-refractivity contribution is 0.111. The normalized spacial score (nSPS) is 14.9. The molecular formula is C10H10ClNO4. The van der Waals surface area contributed by atoms with Gasteiger partial charge < -0.3 is 20.3 Å². The highest BCUT2D eigenvalue weighted by Crippen LogP contribution is 2.44. The number of ether oxygens (including phenoxy) is 2. The Morgan fingerprint density at radius 3 is 2.88 bits per heavy atom. The molecular weight excluding hydrogens is 234 g/mol. The van der Waals surface area contributed by atoms with E-state index in [1.54, 1.807) is 0 Å². The van der Waals surface area contributed by atoms with E-state index in [9.17, 15) is 9.90 Å². The van der Waals surface area contributed by atoms with Gasteiger partial charge in [0.25, 0.3) is 0 Å². The molecule has 0 saturated heterocycles. The third-order valence-corrected chi connectivity index (χ3v) is 2.66. The average Bonchev–Trinajstić information content (AvgIpc) is 2.75. The summed E-state index contributed by atoms with van der Waals surface area (Å²) in [4.78, 5) is 10.8. The van der Waals surface area contributed by atoms with Crippen LogP contribution in [0.3, 0.4) is 0 Å². The number of rotatable bonds is 3. The highest BCUT2D eigenvalue weighted by Gasteiger charge is 2.27. The molecule has 16 heavy (non-hydrogen) atoms. The van der Waals surface area contributed by atoms with Crippen molar-refractivity contribution in [1.29, 1.82) is 0 Å². The zero-order valence-electron chi connectivity index (χ0n) is 8.27. The van der Waals surface area contributed by atoms with Gasteiger partial charge in [-0.05, 0) is 6.07 Å². The molecule has 86 valence electrons. The molecule has 1 aromatic carbocycles. The van der Waals surface area contributed by atoms with Crippen molar-refractivity contribution in [3.8, 4) is 11.5 Å². The number of fused-ring (bicyclic) bond motifs is 1. The van der Waals surface area contributed by atoms with Crippen molar-refractivity contribution in [2.24, 2.45) is 5.73 Å². The molecule has 1 unspecified atom stereocenters. The Balaban J connectivity index is 2.62. The predicted octanol–water partition coefficient (Wildman–Crippen LogP) is 0.873. The first-order valence-electron chi connectivity index (χ1n) is 4.64. The molecule has 1 aliphatic rings. The lowest BCUT2D eigenvalue weighted by atomic mass is 10.0. The van der Waals surface area contributed by atoms with Crippen LogP contribution in [0.5, 0.6) is 11.5 Å². The third-order valence-electron chi connectivity index (χ3n) is 2.34. The van der Waals surface area contributed by atoms with Gasteiger partial charge in [-0.25, -0.2) is 0 Å². The third kappa shape index (κ3) is 1.63. The van der Waals surface area contributed by atoms with Crippen LogP contribution < -0.4 is 15.2 Å². The lowest BCUT2D eigenvalue weighted by Gasteiger charge is -2.13. The van der Waals surface area contributed by atoms with Crippen LogP contribution in [-0.4, -0.2) is 24.7 Å².